The highest BCUT2D eigenvalue weighted by atomic mass is 32.1. The van der Waals surface area contributed by atoms with E-state index in [1.165, 1.54) is 0 Å². The van der Waals surface area contributed by atoms with Gasteiger partial charge in [0, 0.05) is 19.2 Å². The fraction of sp³-hybridized carbons (Fsp3) is 0.217. The van der Waals surface area contributed by atoms with E-state index in [0.29, 0.717) is 24.3 Å². The average molecular weight is 466 g/mol. The lowest BCUT2D eigenvalue weighted by Gasteiger charge is -2.16. The minimum Gasteiger partial charge on any atom is -0.487 e. The molecule has 0 radical (unpaired) electrons. The van der Waals surface area contributed by atoms with E-state index >= 15 is 0 Å². The smallest absolute Gasteiger partial charge is 0.222 e. The number of H-pyrrole nitrogens is 1. The predicted molar refractivity (Wildman–Crippen MR) is 127 cm³/mol. The van der Waals surface area contributed by atoms with Crippen molar-refractivity contribution in [1.29, 1.82) is 0 Å². The molecule has 3 heterocycles. The Morgan fingerprint density at radius 2 is 2.16 bits per heavy atom. The van der Waals surface area contributed by atoms with Crippen LogP contribution in [0, 0.1) is 4.77 Å². The molecular formula is C23H23N5O2S2. The zero-order valence-corrected chi connectivity index (χ0v) is 19.2. The summed E-state index contributed by atoms with van der Waals surface area (Å²) in [5.74, 6) is 1.43. The van der Waals surface area contributed by atoms with Crippen molar-refractivity contribution < 1.29 is 9.53 Å². The molecule has 7 nitrogen and oxygen atoms in total. The number of ether oxygens (including phenoxy) is 1. The van der Waals surface area contributed by atoms with Gasteiger partial charge in [0.2, 0.25) is 5.91 Å². The van der Waals surface area contributed by atoms with Gasteiger partial charge in [0.15, 0.2) is 10.6 Å². The largest absolute Gasteiger partial charge is 0.487 e. The van der Waals surface area contributed by atoms with Gasteiger partial charge in [0.05, 0.1) is 16.6 Å². The normalized spacial score (nSPS) is 11.8. The van der Waals surface area contributed by atoms with Crippen molar-refractivity contribution in [3.63, 3.8) is 0 Å². The van der Waals surface area contributed by atoms with E-state index in [1.54, 1.807) is 17.5 Å². The zero-order valence-electron chi connectivity index (χ0n) is 17.5. The summed E-state index contributed by atoms with van der Waals surface area (Å²) in [6.07, 6.45) is 2.04. The van der Waals surface area contributed by atoms with Crippen LogP contribution in [-0.2, 0) is 17.9 Å². The fourth-order valence-corrected chi connectivity index (χ4v) is 4.19. The summed E-state index contributed by atoms with van der Waals surface area (Å²) >= 11 is 6.92. The van der Waals surface area contributed by atoms with E-state index in [0.717, 1.165) is 27.7 Å². The van der Waals surface area contributed by atoms with Gasteiger partial charge in [-0.25, -0.2) is 0 Å². The quantitative estimate of drug-likeness (QED) is 0.343. The number of hydrogen-bond acceptors (Lipinski definition) is 6. The second-order valence-electron chi connectivity index (χ2n) is 7.20. The first-order valence-corrected chi connectivity index (χ1v) is 11.5. The van der Waals surface area contributed by atoms with Crippen LogP contribution in [0.2, 0.25) is 0 Å². The van der Waals surface area contributed by atoms with Crippen LogP contribution >= 0.6 is 23.6 Å². The van der Waals surface area contributed by atoms with Crippen LogP contribution in [0.5, 0.6) is 5.75 Å². The molecule has 0 spiro atoms. The molecule has 0 saturated heterocycles. The number of hydrogen-bond donors (Lipinski definition) is 2. The number of benzene rings is 1. The molecule has 32 heavy (non-hydrogen) atoms. The number of nitrogens with zero attached hydrogens (tertiary/aromatic N) is 3. The highest BCUT2D eigenvalue weighted by Gasteiger charge is 2.14. The molecule has 0 aliphatic rings. The SMILES string of the molecule is CC(NC(=O)CCn1c(-c2cccs2)n[nH]c1=S)c1cccc(OCc2ccccn2)c1. The summed E-state index contributed by atoms with van der Waals surface area (Å²) in [5.41, 5.74) is 1.83. The number of thiophene rings is 1. The Morgan fingerprint density at radius 1 is 1.25 bits per heavy atom. The molecule has 0 aliphatic carbocycles. The van der Waals surface area contributed by atoms with Crippen molar-refractivity contribution in [2.24, 2.45) is 0 Å². The van der Waals surface area contributed by atoms with Gasteiger partial charge in [-0.1, -0.05) is 24.3 Å². The summed E-state index contributed by atoms with van der Waals surface area (Å²) in [6, 6.07) is 17.2. The van der Waals surface area contributed by atoms with E-state index in [-0.39, 0.29) is 11.9 Å². The van der Waals surface area contributed by atoms with Gasteiger partial charge < -0.3 is 10.1 Å². The van der Waals surface area contributed by atoms with Crippen LogP contribution in [0.25, 0.3) is 10.7 Å². The average Bonchev–Trinajstić information content (AvgIpc) is 3.47. The highest BCUT2D eigenvalue weighted by Crippen LogP contribution is 2.23. The first kappa shape index (κ1) is 21.9. The second-order valence-corrected chi connectivity index (χ2v) is 8.54. The third-order valence-corrected chi connectivity index (χ3v) is 6.09. The lowest BCUT2D eigenvalue weighted by atomic mass is 10.1. The van der Waals surface area contributed by atoms with E-state index in [1.807, 2.05) is 71.5 Å². The molecular weight excluding hydrogens is 442 g/mol. The maximum Gasteiger partial charge on any atom is 0.222 e. The molecule has 164 valence electrons. The maximum absolute atomic E-state index is 12.6. The summed E-state index contributed by atoms with van der Waals surface area (Å²) < 4.78 is 8.21. The van der Waals surface area contributed by atoms with Crippen LogP contribution in [0.15, 0.2) is 66.2 Å². The van der Waals surface area contributed by atoms with Crippen LogP contribution in [0.4, 0.5) is 0 Å². The number of amides is 1. The molecule has 2 N–H and O–H groups in total. The van der Waals surface area contributed by atoms with Crippen molar-refractivity contribution in [2.45, 2.75) is 32.5 Å². The van der Waals surface area contributed by atoms with E-state index < -0.39 is 0 Å². The molecule has 1 aromatic carbocycles. The number of aromatic amines is 1. The van der Waals surface area contributed by atoms with Crippen molar-refractivity contribution >= 4 is 29.5 Å². The van der Waals surface area contributed by atoms with Gasteiger partial charge in [0.1, 0.15) is 12.4 Å². The van der Waals surface area contributed by atoms with Crippen LogP contribution < -0.4 is 10.1 Å². The van der Waals surface area contributed by atoms with Gasteiger partial charge in [-0.05, 0) is 60.4 Å². The molecule has 4 rings (SSSR count). The number of pyridine rings is 1. The van der Waals surface area contributed by atoms with Crippen LogP contribution in [0.1, 0.15) is 30.6 Å². The molecule has 0 bridgehead atoms. The number of carbonyl (C=O) groups excluding carboxylic acids is 1. The fourth-order valence-electron chi connectivity index (χ4n) is 3.24. The van der Waals surface area contributed by atoms with E-state index in [9.17, 15) is 4.79 Å². The molecule has 1 amide bonds. The van der Waals surface area contributed by atoms with Crippen molar-refractivity contribution in [3.8, 4) is 16.5 Å². The topological polar surface area (TPSA) is 84.8 Å². The lowest BCUT2D eigenvalue weighted by Crippen LogP contribution is -2.27. The summed E-state index contributed by atoms with van der Waals surface area (Å²) in [6.45, 7) is 2.80. The lowest BCUT2D eigenvalue weighted by molar-refractivity contribution is -0.121. The Morgan fingerprint density at radius 3 is 2.94 bits per heavy atom. The van der Waals surface area contributed by atoms with Crippen molar-refractivity contribution in [1.82, 2.24) is 25.1 Å². The van der Waals surface area contributed by atoms with Crippen molar-refractivity contribution in [3.05, 3.63) is 82.2 Å². The Bertz CT molecular complexity index is 1220. The molecule has 1 atom stereocenters. The third-order valence-electron chi connectivity index (χ3n) is 4.91. The minimum absolute atomic E-state index is 0.0578. The number of rotatable bonds is 9. The molecule has 0 fully saturated rings. The number of aromatic nitrogens is 4. The van der Waals surface area contributed by atoms with Crippen LogP contribution in [-0.4, -0.2) is 25.7 Å². The van der Waals surface area contributed by atoms with E-state index in [4.69, 9.17) is 17.0 Å². The Balaban J connectivity index is 1.33. The van der Waals surface area contributed by atoms with Gasteiger partial charge in [-0.3, -0.25) is 19.4 Å². The van der Waals surface area contributed by atoms with Crippen LogP contribution in [0.3, 0.4) is 0 Å². The number of nitrogens with one attached hydrogen (secondary N) is 2. The van der Waals surface area contributed by atoms with Gasteiger partial charge >= 0.3 is 0 Å². The van der Waals surface area contributed by atoms with Gasteiger partial charge in [-0.15, -0.1) is 11.3 Å². The molecule has 1 unspecified atom stereocenters. The standard InChI is InChI=1S/C23H23N5O2S2/c1-16(17-6-4-8-19(14-17)30-15-18-7-2-3-11-24-18)25-21(29)10-12-28-22(26-27-23(28)31)20-9-5-13-32-20/h2-9,11,13-14,16H,10,12,15H2,1H3,(H,25,29)(H,27,31). The monoisotopic (exact) mass is 465 g/mol. The Labute approximate surface area is 195 Å². The maximum atomic E-state index is 12.6. The Hall–Kier alpha value is -3.30. The molecule has 0 saturated carbocycles. The number of carbonyl (C=O) groups is 1. The Kier molecular flexibility index (Phi) is 7.08. The van der Waals surface area contributed by atoms with Gasteiger partial charge in [-0.2, -0.15) is 5.10 Å². The predicted octanol–water partition coefficient (Wildman–Crippen LogP) is 4.91. The molecule has 3 aromatic heterocycles. The summed E-state index contributed by atoms with van der Waals surface area (Å²) in [5, 5.41) is 12.2. The van der Waals surface area contributed by atoms with Crippen molar-refractivity contribution in [2.75, 3.05) is 0 Å². The van der Waals surface area contributed by atoms with E-state index in [2.05, 4.69) is 20.5 Å². The first-order valence-electron chi connectivity index (χ1n) is 10.2. The highest BCUT2D eigenvalue weighted by molar-refractivity contribution is 7.71. The minimum atomic E-state index is -0.157. The second kappa shape index (κ2) is 10.3. The third kappa shape index (κ3) is 5.49. The molecule has 0 aliphatic heterocycles. The first-order chi connectivity index (χ1) is 15.6. The summed E-state index contributed by atoms with van der Waals surface area (Å²) in [7, 11) is 0. The summed E-state index contributed by atoms with van der Waals surface area (Å²) in [4.78, 5) is 17.9. The van der Waals surface area contributed by atoms with Gasteiger partial charge in [0.25, 0.3) is 0 Å². The molecule has 9 heteroatoms. The molecule has 4 aromatic rings. The zero-order chi connectivity index (χ0) is 22.3.